The van der Waals surface area contributed by atoms with Gasteiger partial charge in [0.15, 0.2) is 0 Å². The van der Waals surface area contributed by atoms with E-state index in [1.807, 2.05) is 26.0 Å². The van der Waals surface area contributed by atoms with Gasteiger partial charge in [-0.2, -0.15) is 5.10 Å². The van der Waals surface area contributed by atoms with Crippen molar-refractivity contribution < 1.29 is 9.53 Å². The number of rotatable bonds is 6. The first-order chi connectivity index (χ1) is 11.5. The van der Waals surface area contributed by atoms with Crippen molar-refractivity contribution in [2.45, 2.75) is 26.6 Å². The van der Waals surface area contributed by atoms with Crippen molar-refractivity contribution in [1.82, 2.24) is 5.43 Å². The summed E-state index contributed by atoms with van der Waals surface area (Å²) in [6.07, 6.45) is 1.69. The highest BCUT2D eigenvalue weighted by Crippen LogP contribution is 2.14. The molecule has 5 N–H and O–H groups in total. The summed E-state index contributed by atoms with van der Waals surface area (Å²) in [5.41, 5.74) is 17.4. The Bertz CT molecular complexity index is 724. The Kier molecular flexibility index (Phi) is 5.92. The van der Waals surface area contributed by atoms with E-state index in [1.165, 1.54) is 0 Å². The Balaban J connectivity index is 2.05. The molecule has 0 fully saturated rings. The van der Waals surface area contributed by atoms with Gasteiger partial charge in [0.25, 0.3) is 5.91 Å². The van der Waals surface area contributed by atoms with Gasteiger partial charge >= 0.3 is 0 Å². The van der Waals surface area contributed by atoms with Gasteiger partial charge in [0.2, 0.25) is 0 Å². The van der Waals surface area contributed by atoms with Gasteiger partial charge in [0, 0.05) is 22.5 Å². The van der Waals surface area contributed by atoms with Crippen molar-refractivity contribution in [3.05, 3.63) is 59.2 Å². The van der Waals surface area contributed by atoms with Gasteiger partial charge in [-0.3, -0.25) is 4.79 Å². The number of ether oxygens (including phenoxy) is 1. The first-order valence-electron chi connectivity index (χ1n) is 7.64. The van der Waals surface area contributed by atoms with Crippen molar-refractivity contribution in [3.63, 3.8) is 0 Å². The van der Waals surface area contributed by atoms with E-state index in [0.29, 0.717) is 23.5 Å². The Labute approximate surface area is 141 Å². The first-order valence-corrected chi connectivity index (χ1v) is 7.64. The quantitative estimate of drug-likeness (QED) is 0.431. The molecule has 126 valence electrons. The maximum Gasteiger partial charge on any atom is 0.271 e. The zero-order valence-corrected chi connectivity index (χ0v) is 13.8. The SMILES string of the molecule is CC(C)OCc1cc(N)ccc1/C=N/NC(=O)c1ccc(N)cc1. The van der Waals surface area contributed by atoms with Gasteiger partial charge in [-0.25, -0.2) is 5.43 Å². The Morgan fingerprint density at radius 3 is 2.50 bits per heavy atom. The summed E-state index contributed by atoms with van der Waals surface area (Å²) in [6, 6.07) is 12.1. The molecule has 0 atom stereocenters. The largest absolute Gasteiger partial charge is 0.399 e. The monoisotopic (exact) mass is 326 g/mol. The minimum atomic E-state index is -0.304. The summed E-state index contributed by atoms with van der Waals surface area (Å²) in [7, 11) is 0. The van der Waals surface area contributed by atoms with E-state index < -0.39 is 0 Å². The summed E-state index contributed by atoms with van der Waals surface area (Å²) in [4.78, 5) is 12.0. The van der Waals surface area contributed by atoms with Crippen molar-refractivity contribution >= 4 is 23.5 Å². The van der Waals surface area contributed by atoms with E-state index in [9.17, 15) is 4.79 Å². The molecule has 1 amide bonds. The fourth-order valence-electron chi connectivity index (χ4n) is 1.99. The molecule has 24 heavy (non-hydrogen) atoms. The zero-order chi connectivity index (χ0) is 17.5. The van der Waals surface area contributed by atoms with Gasteiger partial charge in [-0.15, -0.1) is 0 Å². The van der Waals surface area contributed by atoms with Crippen molar-refractivity contribution in [2.75, 3.05) is 11.5 Å². The summed E-state index contributed by atoms with van der Waals surface area (Å²) >= 11 is 0. The molecule has 0 aliphatic heterocycles. The summed E-state index contributed by atoms with van der Waals surface area (Å²) < 4.78 is 5.62. The number of anilines is 2. The Morgan fingerprint density at radius 1 is 1.17 bits per heavy atom. The molecule has 6 heteroatoms. The number of nitrogens with one attached hydrogen (secondary N) is 1. The lowest BCUT2D eigenvalue weighted by molar-refractivity contribution is 0.0657. The van der Waals surface area contributed by atoms with Gasteiger partial charge in [0.05, 0.1) is 18.9 Å². The third-order valence-corrected chi connectivity index (χ3v) is 3.28. The molecular formula is C18H22N4O2. The van der Waals surface area contributed by atoms with Crippen LogP contribution in [0.3, 0.4) is 0 Å². The lowest BCUT2D eigenvalue weighted by Gasteiger charge is -2.10. The second kappa shape index (κ2) is 8.12. The number of amides is 1. The van der Waals surface area contributed by atoms with E-state index >= 15 is 0 Å². The number of nitrogens with zero attached hydrogens (tertiary/aromatic N) is 1. The fourth-order valence-corrected chi connectivity index (χ4v) is 1.99. The number of hydrogen-bond donors (Lipinski definition) is 3. The second-order valence-corrected chi connectivity index (χ2v) is 5.64. The van der Waals surface area contributed by atoms with Gasteiger partial charge in [-0.1, -0.05) is 6.07 Å². The number of carbonyl (C=O) groups is 1. The normalized spacial score (nSPS) is 11.1. The Morgan fingerprint density at radius 2 is 1.83 bits per heavy atom. The topological polar surface area (TPSA) is 103 Å². The van der Waals surface area contributed by atoms with Gasteiger partial charge < -0.3 is 16.2 Å². The highest BCUT2D eigenvalue weighted by Gasteiger charge is 2.05. The molecule has 6 nitrogen and oxygen atoms in total. The molecule has 0 spiro atoms. The van der Waals surface area contributed by atoms with Crippen LogP contribution in [0.5, 0.6) is 0 Å². The molecule has 2 aromatic carbocycles. The standard InChI is InChI=1S/C18H22N4O2/c1-12(2)24-11-15-9-17(20)8-5-14(15)10-21-22-18(23)13-3-6-16(19)7-4-13/h3-10,12H,11,19-20H2,1-2H3,(H,22,23)/b21-10+. The van der Waals surface area contributed by atoms with Crippen LogP contribution >= 0.6 is 0 Å². The van der Waals surface area contributed by atoms with Crippen LogP contribution in [0.25, 0.3) is 0 Å². The van der Waals surface area contributed by atoms with Crippen LogP contribution in [0.1, 0.15) is 35.3 Å². The van der Waals surface area contributed by atoms with Crippen LogP contribution < -0.4 is 16.9 Å². The molecule has 0 unspecified atom stereocenters. The van der Waals surface area contributed by atoms with Crippen LogP contribution in [0.15, 0.2) is 47.6 Å². The molecule has 0 heterocycles. The van der Waals surface area contributed by atoms with E-state index in [-0.39, 0.29) is 12.0 Å². The number of hydrazone groups is 1. The fraction of sp³-hybridized carbons (Fsp3) is 0.222. The lowest BCUT2D eigenvalue weighted by atomic mass is 10.1. The molecule has 0 saturated carbocycles. The number of nitrogens with two attached hydrogens (primary N) is 2. The third kappa shape index (κ3) is 5.10. The number of nitrogen functional groups attached to an aromatic ring is 2. The average molecular weight is 326 g/mol. The summed E-state index contributed by atoms with van der Waals surface area (Å²) in [5.74, 6) is -0.304. The van der Waals surface area contributed by atoms with Crippen LogP contribution in [0.2, 0.25) is 0 Å². The van der Waals surface area contributed by atoms with Gasteiger partial charge in [0.1, 0.15) is 0 Å². The minimum absolute atomic E-state index is 0.112. The third-order valence-electron chi connectivity index (χ3n) is 3.28. The summed E-state index contributed by atoms with van der Waals surface area (Å²) in [6.45, 7) is 4.36. The van der Waals surface area contributed by atoms with Crippen LogP contribution in [-0.4, -0.2) is 18.2 Å². The number of carbonyl (C=O) groups excluding carboxylic acids is 1. The Hall–Kier alpha value is -2.86. The van der Waals surface area contributed by atoms with Crippen molar-refractivity contribution in [3.8, 4) is 0 Å². The predicted octanol–water partition coefficient (Wildman–Crippen LogP) is 2.54. The highest BCUT2D eigenvalue weighted by atomic mass is 16.5. The van der Waals surface area contributed by atoms with E-state index in [2.05, 4.69) is 10.5 Å². The highest BCUT2D eigenvalue weighted by molar-refractivity contribution is 5.95. The lowest BCUT2D eigenvalue weighted by Crippen LogP contribution is -2.17. The molecule has 2 rings (SSSR count). The number of hydrogen-bond acceptors (Lipinski definition) is 5. The molecule has 0 bridgehead atoms. The maximum atomic E-state index is 12.0. The molecule has 0 aliphatic carbocycles. The predicted molar refractivity (Wildman–Crippen MR) is 96.7 cm³/mol. The minimum Gasteiger partial charge on any atom is -0.399 e. The molecule has 0 saturated heterocycles. The van der Waals surface area contributed by atoms with E-state index in [4.69, 9.17) is 16.2 Å². The molecule has 0 aliphatic rings. The molecule has 2 aromatic rings. The van der Waals surface area contributed by atoms with Gasteiger partial charge in [-0.05, 0) is 55.8 Å². The zero-order valence-electron chi connectivity index (χ0n) is 13.8. The maximum absolute atomic E-state index is 12.0. The van der Waals surface area contributed by atoms with E-state index in [1.54, 1.807) is 36.5 Å². The van der Waals surface area contributed by atoms with Crippen LogP contribution in [0.4, 0.5) is 11.4 Å². The molecular weight excluding hydrogens is 304 g/mol. The smallest absolute Gasteiger partial charge is 0.271 e. The number of benzene rings is 2. The second-order valence-electron chi connectivity index (χ2n) is 5.64. The van der Waals surface area contributed by atoms with Crippen LogP contribution in [0, 0.1) is 0 Å². The molecule has 0 aromatic heterocycles. The van der Waals surface area contributed by atoms with Crippen molar-refractivity contribution in [2.24, 2.45) is 5.10 Å². The average Bonchev–Trinajstić information content (AvgIpc) is 2.55. The summed E-state index contributed by atoms with van der Waals surface area (Å²) in [5, 5.41) is 4.01. The van der Waals surface area contributed by atoms with Crippen molar-refractivity contribution in [1.29, 1.82) is 0 Å². The first kappa shape index (κ1) is 17.5. The van der Waals surface area contributed by atoms with E-state index in [0.717, 1.165) is 11.1 Å². The van der Waals surface area contributed by atoms with Crippen LogP contribution in [-0.2, 0) is 11.3 Å². The molecule has 0 radical (unpaired) electrons.